The van der Waals surface area contributed by atoms with Crippen LogP contribution in [-0.4, -0.2) is 30.6 Å². The number of rotatable bonds is 5. The Morgan fingerprint density at radius 1 is 1.08 bits per heavy atom. The predicted octanol–water partition coefficient (Wildman–Crippen LogP) is 7.85. The van der Waals surface area contributed by atoms with Gasteiger partial charge in [-0.15, -0.1) is 0 Å². The maximum absolute atomic E-state index is 12.4. The van der Waals surface area contributed by atoms with Gasteiger partial charge in [-0.1, -0.05) is 59.1 Å². The lowest BCUT2D eigenvalue weighted by Crippen LogP contribution is -2.52. The molecule has 6 aliphatic rings. The van der Waals surface area contributed by atoms with Gasteiger partial charge in [-0.3, -0.25) is 4.79 Å². The van der Waals surface area contributed by atoms with Gasteiger partial charge in [0.1, 0.15) is 6.10 Å². The molecule has 0 aromatic carbocycles. The minimum atomic E-state index is -0.315. The van der Waals surface area contributed by atoms with Crippen molar-refractivity contribution in [2.24, 2.45) is 46.3 Å². The average molecular weight is 513 g/mol. The van der Waals surface area contributed by atoms with E-state index >= 15 is 0 Å². The topological polar surface area (TPSA) is 44.8 Å². The highest BCUT2D eigenvalue weighted by atomic mass is 16.7. The Bertz CT molecular complexity index is 902. The summed E-state index contributed by atoms with van der Waals surface area (Å²) in [6, 6.07) is 0. The van der Waals surface area contributed by atoms with E-state index in [2.05, 4.69) is 40.7 Å². The van der Waals surface area contributed by atoms with Gasteiger partial charge in [-0.25, -0.2) is 0 Å². The molecule has 11 atom stereocenters. The lowest BCUT2D eigenvalue weighted by atomic mass is 9.47. The number of hydrogen-bond acceptors (Lipinski definition) is 4. The maximum Gasteiger partial charge on any atom is 0.306 e. The summed E-state index contributed by atoms with van der Waals surface area (Å²) in [5.74, 6) is 3.77. The van der Waals surface area contributed by atoms with Crippen LogP contribution in [0.4, 0.5) is 0 Å². The van der Waals surface area contributed by atoms with E-state index in [-0.39, 0.29) is 23.3 Å². The molecule has 0 amide bonds. The third-order valence-corrected chi connectivity index (χ3v) is 12.6. The molecule has 4 heteroatoms. The number of ether oxygens (including phenoxy) is 3. The second-order valence-corrected chi connectivity index (χ2v) is 14.6. The molecule has 208 valence electrons. The van der Waals surface area contributed by atoms with E-state index in [4.69, 9.17) is 14.2 Å². The molecular formula is C33H52O4. The summed E-state index contributed by atoms with van der Waals surface area (Å²) >= 11 is 0. The van der Waals surface area contributed by atoms with Crippen LogP contribution in [0.25, 0.3) is 0 Å². The number of fused-ring (bicyclic) bond motifs is 7. The van der Waals surface area contributed by atoms with Crippen LogP contribution in [0.5, 0.6) is 0 Å². The Morgan fingerprint density at radius 2 is 1.92 bits per heavy atom. The minimum absolute atomic E-state index is 0.0190. The van der Waals surface area contributed by atoms with E-state index in [1.807, 2.05) is 0 Å². The van der Waals surface area contributed by atoms with Gasteiger partial charge in [-0.2, -0.15) is 0 Å². The van der Waals surface area contributed by atoms with Crippen molar-refractivity contribution < 1.29 is 19.0 Å². The molecule has 4 aliphatic carbocycles. The molecule has 5 fully saturated rings. The Morgan fingerprint density at radius 3 is 2.68 bits per heavy atom. The van der Waals surface area contributed by atoms with Gasteiger partial charge in [-0.05, 0) is 91.8 Å². The first kappa shape index (κ1) is 26.4. The van der Waals surface area contributed by atoms with Gasteiger partial charge in [0.25, 0.3) is 0 Å². The second kappa shape index (κ2) is 9.65. The van der Waals surface area contributed by atoms with E-state index in [1.54, 1.807) is 5.57 Å². The van der Waals surface area contributed by atoms with Gasteiger partial charge in [0.2, 0.25) is 0 Å². The van der Waals surface area contributed by atoms with Gasteiger partial charge in [0, 0.05) is 25.2 Å². The SMILES string of the molecule is CCCCCC(=O)O[C@@H]1CC[C@@]2(C)C(=CC[C@H]3[C@H]2CC[C@]2(C)[C@H]4[C@H](C[C@@H]32)O[C@]2(CC[C@H](C)CO2)[C@H]4C)C1. The van der Waals surface area contributed by atoms with E-state index in [1.165, 1.54) is 38.5 Å². The highest BCUT2D eigenvalue weighted by Crippen LogP contribution is 2.70. The molecule has 2 aliphatic heterocycles. The minimum Gasteiger partial charge on any atom is -0.462 e. The quantitative estimate of drug-likeness (QED) is 0.214. The monoisotopic (exact) mass is 512 g/mol. The van der Waals surface area contributed by atoms with Crippen LogP contribution in [-0.2, 0) is 19.0 Å². The zero-order valence-corrected chi connectivity index (χ0v) is 24.2. The highest BCUT2D eigenvalue weighted by Gasteiger charge is 2.68. The Kier molecular flexibility index (Phi) is 6.87. The fraction of sp³-hybridized carbons (Fsp3) is 0.909. The van der Waals surface area contributed by atoms with Crippen LogP contribution in [0.2, 0.25) is 0 Å². The van der Waals surface area contributed by atoms with Gasteiger partial charge < -0.3 is 14.2 Å². The second-order valence-electron chi connectivity index (χ2n) is 14.6. The van der Waals surface area contributed by atoms with Gasteiger partial charge in [0.05, 0.1) is 12.7 Å². The smallest absolute Gasteiger partial charge is 0.306 e. The summed E-state index contributed by atoms with van der Waals surface area (Å²) in [7, 11) is 0. The molecule has 0 unspecified atom stereocenters. The number of hydrogen-bond donors (Lipinski definition) is 0. The molecule has 1 spiro atoms. The number of unbranched alkanes of at least 4 members (excludes halogenated alkanes) is 2. The first-order chi connectivity index (χ1) is 17.7. The summed E-state index contributed by atoms with van der Waals surface area (Å²) < 4.78 is 19.4. The highest BCUT2D eigenvalue weighted by molar-refractivity contribution is 5.69. The normalized spacial score (nSPS) is 50.6. The molecular weight excluding hydrogens is 460 g/mol. The zero-order valence-electron chi connectivity index (χ0n) is 24.2. The predicted molar refractivity (Wildman–Crippen MR) is 146 cm³/mol. The van der Waals surface area contributed by atoms with Crippen molar-refractivity contribution >= 4 is 5.97 Å². The van der Waals surface area contributed by atoms with Crippen molar-refractivity contribution in [2.75, 3.05) is 6.61 Å². The van der Waals surface area contributed by atoms with Crippen LogP contribution < -0.4 is 0 Å². The molecule has 0 aromatic heterocycles. The van der Waals surface area contributed by atoms with Gasteiger partial charge in [0.15, 0.2) is 5.79 Å². The molecule has 2 heterocycles. The first-order valence-corrected chi connectivity index (χ1v) is 15.9. The molecule has 0 aromatic rings. The van der Waals surface area contributed by atoms with Crippen molar-refractivity contribution in [1.82, 2.24) is 0 Å². The van der Waals surface area contributed by atoms with Crippen molar-refractivity contribution in [3.8, 4) is 0 Å². The molecule has 2 saturated heterocycles. The van der Waals surface area contributed by atoms with E-state index in [0.29, 0.717) is 35.7 Å². The molecule has 4 nitrogen and oxygen atoms in total. The summed E-state index contributed by atoms with van der Waals surface area (Å²) in [5.41, 5.74) is 2.25. The molecule has 6 rings (SSSR count). The van der Waals surface area contributed by atoms with E-state index in [9.17, 15) is 4.79 Å². The lowest BCUT2D eigenvalue weighted by Gasteiger charge is -2.58. The van der Waals surface area contributed by atoms with Crippen molar-refractivity contribution in [3.63, 3.8) is 0 Å². The lowest BCUT2D eigenvalue weighted by molar-refractivity contribution is -0.272. The number of allylic oxidation sites excluding steroid dienone is 1. The Labute approximate surface area is 225 Å². The molecule has 3 saturated carbocycles. The van der Waals surface area contributed by atoms with Crippen LogP contribution in [0.3, 0.4) is 0 Å². The van der Waals surface area contributed by atoms with Crippen molar-refractivity contribution in [3.05, 3.63) is 11.6 Å². The van der Waals surface area contributed by atoms with E-state index in [0.717, 1.165) is 62.9 Å². The van der Waals surface area contributed by atoms with Crippen LogP contribution in [0.15, 0.2) is 11.6 Å². The largest absolute Gasteiger partial charge is 0.462 e. The third-order valence-electron chi connectivity index (χ3n) is 12.6. The Balaban J connectivity index is 1.15. The molecule has 0 N–H and O–H groups in total. The fourth-order valence-electron chi connectivity index (χ4n) is 10.5. The number of carbonyl (C=O) groups excluding carboxylic acids is 1. The molecule has 0 bridgehead atoms. The molecule has 37 heavy (non-hydrogen) atoms. The number of carbonyl (C=O) groups is 1. The summed E-state index contributed by atoms with van der Waals surface area (Å²) in [6.45, 7) is 13.0. The average Bonchev–Trinajstić information content (AvgIpc) is 3.31. The van der Waals surface area contributed by atoms with Crippen LogP contribution in [0.1, 0.15) is 118 Å². The first-order valence-electron chi connectivity index (χ1n) is 15.9. The number of esters is 1. The molecule has 0 radical (unpaired) electrons. The fourth-order valence-corrected chi connectivity index (χ4v) is 10.5. The summed E-state index contributed by atoms with van der Waals surface area (Å²) in [5, 5.41) is 0. The van der Waals surface area contributed by atoms with E-state index < -0.39 is 0 Å². The Hall–Kier alpha value is -0.870. The van der Waals surface area contributed by atoms with Crippen molar-refractivity contribution in [1.29, 1.82) is 0 Å². The third kappa shape index (κ3) is 4.17. The summed E-state index contributed by atoms with van der Waals surface area (Å²) in [4.78, 5) is 12.4. The van der Waals surface area contributed by atoms with Gasteiger partial charge >= 0.3 is 5.97 Å². The van der Waals surface area contributed by atoms with Crippen molar-refractivity contribution in [2.45, 2.75) is 136 Å². The van der Waals surface area contributed by atoms with Crippen LogP contribution >= 0.6 is 0 Å². The zero-order chi connectivity index (χ0) is 26.0. The maximum atomic E-state index is 12.4. The summed E-state index contributed by atoms with van der Waals surface area (Å²) in [6.07, 6.45) is 17.4. The van der Waals surface area contributed by atoms with Crippen LogP contribution in [0, 0.1) is 46.3 Å². The standard InChI is InChI=1S/C33H52O4/c1-6-7-8-9-29(34)36-24-13-15-31(4)23(18-24)10-11-25-26(31)14-16-32(5)27(25)19-28-30(32)22(3)33(37-28)17-12-21(2)20-35-33/h10,21-22,24-28,30H,6-9,11-20H2,1-5H3/t21-,22-,24+,25-,26+,27-,28-,30+,31-,32-,33+/m0/s1.